The number of hydrogen-bond acceptors (Lipinski definition) is 3. The van der Waals surface area contributed by atoms with E-state index in [1.165, 1.54) is 0 Å². The van der Waals surface area contributed by atoms with Crippen LogP contribution in [0.1, 0.15) is 43.2 Å². The molecular weight excluding hydrogens is 387 g/mol. The monoisotopic (exact) mass is 414 g/mol. The molecule has 0 unspecified atom stereocenters. The largest absolute Gasteiger partial charge is 0.493 e. The van der Waals surface area contributed by atoms with Gasteiger partial charge in [-0.2, -0.15) is 0 Å². The van der Waals surface area contributed by atoms with E-state index in [1.807, 2.05) is 38.1 Å². The van der Waals surface area contributed by atoms with E-state index in [2.05, 4.69) is 0 Å². The highest BCUT2D eigenvalue weighted by Crippen LogP contribution is 2.39. The van der Waals surface area contributed by atoms with E-state index >= 15 is 0 Å². The predicted octanol–water partition coefficient (Wildman–Crippen LogP) is 5.14. The van der Waals surface area contributed by atoms with Crippen molar-refractivity contribution in [3.05, 3.63) is 40.4 Å². The number of halogens is 2. The number of carboxylic acid groups (broad SMARTS) is 1. The molecule has 0 bridgehead atoms. The number of allylic oxidation sites excluding steroid dienone is 2. The first-order valence-corrected chi connectivity index (χ1v) is 10.2. The maximum atomic E-state index is 10.5. The molecule has 1 aliphatic rings. The molecular formula is C21H28Cl2O4. The van der Waals surface area contributed by atoms with Crippen LogP contribution in [0.3, 0.4) is 0 Å². The Morgan fingerprint density at radius 2 is 1.93 bits per heavy atom. The summed E-state index contributed by atoms with van der Waals surface area (Å²) in [6.07, 6.45) is 6.43. The molecule has 0 radical (unpaired) electrons. The minimum atomic E-state index is -0.770. The molecule has 2 rings (SSSR count). The highest BCUT2D eigenvalue weighted by Gasteiger charge is 2.41. The van der Waals surface area contributed by atoms with Gasteiger partial charge in [0.05, 0.1) is 12.7 Å². The zero-order valence-electron chi connectivity index (χ0n) is 15.8. The summed E-state index contributed by atoms with van der Waals surface area (Å²) in [5, 5.41) is 19.7. The lowest BCUT2D eigenvalue weighted by Gasteiger charge is -2.23. The summed E-state index contributed by atoms with van der Waals surface area (Å²) in [6, 6.07) is 3.82. The smallest absolute Gasteiger partial charge is 0.303 e. The minimum Gasteiger partial charge on any atom is -0.493 e. The van der Waals surface area contributed by atoms with E-state index in [0.29, 0.717) is 19.4 Å². The second kappa shape index (κ2) is 10.4. The van der Waals surface area contributed by atoms with Gasteiger partial charge in [0.25, 0.3) is 0 Å². The van der Waals surface area contributed by atoms with Crippen LogP contribution in [-0.4, -0.2) is 34.3 Å². The molecule has 0 aliphatic heterocycles. The molecule has 0 spiro atoms. The Bertz CT molecular complexity index is 651. The molecule has 1 aromatic rings. The summed E-state index contributed by atoms with van der Waals surface area (Å²) in [4.78, 5) is 10.5. The molecule has 0 heterocycles. The van der Waals surface area contributed by atoms with Crippen LogP contribution in [0, 0.1) is 25.7 Å². The fraction of sp³-hybridized carbons (Fsp3) is 0.571. The summed E-state index contributed by atoms with van der Waals surface area (Å²) in [5.74, 6) is 0.0787. The number of carboxylic acids is 1. The molecule has 4 nitrogen and oxygen atoms in total. The van der Waals surface area contributed by atoms with Gasteiger partial charge in [-0.3, -0.25) is 4.79 Å². The summed E-state index contributed by atoms with van der Waals surface area (Å²) >= 11 is 12.7. The second-order valence-electron chi connectivity index (χ2n) is 7.32. The number of hydrogen-bond donors (Lipinski definition) is 2. The van der Waals surface area contributed by atoms with Crippen LogP contribution in [0.2, 0.25) is 5.02 Å². The third kappa shape index (κ3) is 6.41. The maximum absolute atomic E-state index is 10.5. The van der Waals surface area contributed by atoms with Crippen LogP contribution >= 0.6 is 23.2 Å². The van der Waals surface area contributed by atoms with Gasteiger partial charge in [-0.1, -0.05) is 23.8 Å². The van der Waals surface area contributed by atoms with Crippen LogP contribution in [0.25, 0.3) is 0 Å². The molecule has 4 atom stereocenters. The van der Waals surface area contributed by atoms with Crippen molar-refractivity contribution in [2.24, 2.45) is 11.8 Å². The Kier molecular flexibility index (Phi) is 8.46. The number of alkyl halides is 1. The summed E-state index contributed by atoms with van der Waals surface area (Å²) < 4.78 is 5.96. The van der Waals surface area contributed by atoms with E-state index in [0.717, 1.165) is 34.7 Å². The van der Waals surface area contributed by atoms with Crippen LogP contribution < -0.4 is 4.74 Å². The van der Waals surface area contributed by atoms with Crippen molar-refractivity contribution in [1.29, 1.82) is 0 Å². The molecule has 0 aromatic heterocycles. The number of aliphatic carboxylic acids is 1. The highest BCUT2D eigenvalue weighted by atomic mass is 35.5. The van der Waals surface area contributed by atoms with Gasteiger partial charge in [0.2, 0.25) is 0 Å². The number of unbranched alkanes of at least 4 members (excludes halogenated alkanes) is 1. The number of ether oxygens (including phenoxy) is 1. The molecule has 27 heavy (non-hydrogen) atoms. The van der Waals surface area contributed by atoms with Gasteiger partial charge in [0.1, 0.15) is 5.75 Å². The standard InChI is InChI=1S/C21H28Cl2O4/c1-13-9-15(10-14(2)21(13)23)27-12-17-16(18(22)11-19(17)24)7-5-3-4-6-8-20(25)26/h3,5,9-10,16-19,24H,4,6-8,11-12H2,1-2H3,(H,25,26)/t16-,17-,18-,19-/m1/s1. The highest BCUT2D eigenvalue weighted by molar-refractivity contribution is 6.32. The van der Waals surface area contributed by atoms with Gasteiger partial charge in [-0.25, -0.2) is 0 Å². The van der Waals surface area contributed by atoms with Crippen LogP contribution in [0.15, 0.2) is 24.3 Å². The lowest BCUT2D eigenvalue weighted by molar-refractivity contribution is -0.137. The molecule has 1 fully saturated rings. The van der Waals surface area contributed by atoms with Crippen molar-refractivity contribution < 1.29 is 19.7 Å². The molecule has 6 heteroatoms. The first-order chi connectivity index (χ1) is 12.8. The summed E-state index contributed by atoms with van der Waals surface area (Å²) in [7, 11) is 0. The molecule has 1 aliphatic carbocycles. The zero-order chi connectivity index (χ0) is 20.0. The number of aryl methyl sites for hydroxylation is 2. The van der Waals surface area contributed by atoms with Gasteiger partial charge < -0.3 is 14.9 Å². The molecule has 1 aromatic carbocycles. The topological polar surface area (TPSA) is 66.8 Å². The SMILES string of the molecule is Cc1cc(OC[C@@H]2[C@@H](CC=CCCCC(=O)O)[C@H](Cl)C[C@H]2O)cc(C)c1Cl. The van der Waals surface area contributed by atoms with E-state index in [1.54, 1.807) is 0 Å². The second-order valence-corrected chi connectivity index (χ2v) is 8.26. The fourth-order valence-electron chi connectivity index (χ4n) is 3.62. The third-order valence-corrected chi connectivity index (χ3v) is 6.26. The van der Waals surface area contributed by atoms with Gasteiger partial charge >= 0.3 is 5.97 Å². The quantitative estimate of drug-likeness (QED) is 0.333. The zero-order valence-corrected chi connectivity index (χ0v) is 17.3. The van der Waals surface area contributed by atoms with E-state index < -0.39 is 12.1 Å². The molecule has 1 saturated carbocycles. The van der Waals surface area contributed by atoms with Crippen LogP contribution in [0.5, 0.6) is 5.75 Å². The Labute approximate surface area is 171 Å². The first-order valence-electron chi connectivity index (χ1n) is 9.38. The van der Waals surface area contributed by atoms with Crippen molar-refractivity contribution in [1.82, 2.24) is 0 Å². The number of benzene rings is 1. The molecule has 0 amide bonds. The third-order valence-electron chi connectivity index (χ3n) is 5.16. The normalized spacial score (nSPS) is 25.2. The molecule has 150 valence electrons. The average molecular weight is 415 g/mol. The fourth-order valence-corrected chi connectivity index (χ4v) is 4.20. The summed E-state index contributed by atoms with van der Waals surface area (Å²) in [6.45, 7) is 4.29. The average Bonchev–Trinajstić information content (AvgIpc) is 2.86. The Balaban J connectivity index is 1.91. The lowest BCUT2D eigenvalue weighted by atomic mass is 9.92. The molecule has 2 N–H and O–H groups in total. The lowest BCUT2D eigenvalue weighted by Crippen LogP contribution is -2.27. The Hall–Kier alpha value is -1.23. The van der Waals surface area contributed by atoms with Gasteiger partial charge in [0.15, 0.2) is 0 Å². The first kappa shape index (κ1) is 22.1. The Morgan fingerprint density at radius 1 is 1.26 bits per heavy atom. The number of aliphatic hydroxyl groups excluding tert-OH is 1. The van der Waals surface area contributed by atoms with Gasteiger partial charge in [0, 0.05) is 22.7 Å². The number of carbonyl (C=O) groups is 1. The minimum absolute atomic E-state index is 0.0348. The summed E-state index contributed by atoms with van der Waals surface area (Å²) in [5.41, 5.74) is 1.93. The van der Waals surface area contributed by atoms with E-state index in [-0.39, 0.29) is 23.6 Å². The van der Waals surface area contributed by atoms with Crippen molar-refractivity contribution in [3.8, 4) is 5.75 Å². The van der Waals surface area contributed by atoms with Crippen molar-refractivity contribution >= 4 is 29.2 Å². The number of rotatable bonds is 9. The maximum Gasteiger partial charge on any atom is 0.303 e. The number of aliphatic hydroxyl groups is 1. The van der Waals surface area contributed by atoms with Gasteiger partial charge in [-0.15, -0.1) is 11.6 Å². The van der Waals surface area contributed by atoms with E-state index in [4.69, 9.17) is 33.0 Å². The van der Waals surface area contributed by atoms with Crippen molar-refractivity contribution in [3.63, 3.8) is 0 Å². The van der Waals surface area contributed by atoms with Crippen molar-refractivity contribution in [2.75, 3.05) is 6.61 Å². The Morgan fingerprint density at radius 3 is 2.56 bits per heavy atom. The van der Waals surface area contributed by atoms with Crippen LogP contribution in [0.4, 0.5) is 0 Å². The van der Waals surface area contributed by atoms with Crippen molar-refractivity contribution in [2.45, 2.75) is 57.4 Å². The van der Waals surface area contributed by atoms with Crippen LogP contribution in [-0.2, 0) is 4.79 Å². The molecule has 0 saturated heterocycles. The van der Waals surface area contributed by atoms with Gasteiger partial charge in [-0.05, 0) is 68.7 Å². The predicted molar refractivity (Wildman–Crippen MR) is 109 cm³/mol. The van der Waals surface area contributed by atoms with E-state index in [9.17, 15) is 9.90 Å².